The van der Waals surface area contributed by atoms with Crippen molar-refractivity contribution in [1.29, 1.82) is 0 Å². The largest absolute Gasteiger partial charge is 0.493 e. The van der Waals surface area contributed by atoms with E-state index in [-0.39, 0.29) is 29.9 Å². The Balaban J connectivity index is 1.92. The van der Waals surface area contributed by atoms with E-state index in [1.165, 1.54) is 0 Å². The van der Waals surface area contributed by atoms with Gasteiger partial charge in [0, 0.05) is 29.4 Å². The van der Waals surface area contributed by atoms with Gasteiger partial charge in [-0.2, -0.15) is 0 Å². The number of carbonyl (C=O) groups is 2. The van der Waals surface area contributed by atoms with Gasteiger partial charge in [0.15, 0.2) is 18.1 Å². The number of rotatable bonds is 9. The van der Waals surface area contributed by atoms with Crippen LogP contribution in [-0.4, -0.2) is 31.1 Å². The van der Waals surface area contributed by atoms with Gasteiger partial charge in [-0.05, 0) is 62.7 Å². The van der Waals surface area contributed by atoms with Crippen molar-refractivity contribution >= 4 is 23.2 Å². The van der Waals surface area contributed by atoms with Crippen molar-refractivity contribution in [3.8, 4) is 11.5 Å². The van der Waals surface area contributed by atoms with Crippen LogP contribution in [0.25, 0.3) is 0 Å². The number of hydrogen-bond acceptors (Lipinski definition) is 5. The molecule has 0 aliphatic rings. The number of methoxy groups -OCH3 is 1. The highest BCUT2D eigenvalue weighted by Crippen LogP contribution is 2.28. The predicted molar refractivity (Wildman–Crippen MR) is 124 cm³/mol. The standard InChI is InChI=1S/C24H33N3O4/c1-16(2)23(29)26-19-10-8-18(9-11-19)25-14-17-7-12-20(21(13-17)30-6)31-15-22(28)27-24(3,4)5/h7-13,16,25H,14-15H2,1-6H3,(H,26,29)(H,27,28). The molecule has 0 heterocycles. The van der Waals surface area contributed by atoms with Crippen LogP contribution in [-0.2, 0) is 16.1 Å². The second kappa shape index (κ2) is 10.7. The highest BCUT2D eigenvalue weighted by molar-refractivity contribution is 5.92. The van der Waals surface area contributed by atoms with Crippen LogP contribution in [0.15, 0.2) is 42.5 Å². The van der Waals surface area contributed by atoms with Crippen LogP contribution in [0.1, 0.15) is 40.2 Å². The Hall–Kier alpha value is -3.22. The maximum absolute atomic E-state index is 12.0. The van der Waals surface area contributed by atoms with Crippen molar-refractivity contribution in [3.05, 3.63) is 48.0 Å². The Morgan fingerprint density at radius 3 is 2.19 bits per heavy atom. The lowest BCUT2D eigenvalue weighted by Gasteiger charge is -2.20. The van der Waals surface area contributed by atoms with Crippen molar-refractivity contribution in [2.75, 3.05) is 24.4 Å². The van der Waals surface area contributed by atoms with Gasteiger partial charge in [0.25, 0.3) is 5.91 Å². The Kier molecular flexibility index (Phi) is 8.30. The van der Waals surface area contributed by atoms with Gasteiger partial charge in [0.2, 0.25) is 5.91 Å². The van der Waals surface area contributed by atoms with E-state index in [1.807, 2.05) is 71.0 Å². The molecule has 0 aromatic heterocycles. The van der Waals surface area contributed by atoms with E-state index in [1.54, 1.807) is 13.2 Å². The molecular weight excluding hydrogens is 394 g/mol. The van der Waals surface area contributed by atoms with Gasteiger partial charge in [0.05, 0.1) is 7.11 Å². The molecule has 2 amide bonds. The molecule has 2 aromatic rings. The summed E-state index contributed by atoms with van der Waals surface area (Å²) < 4.78 is 11.0. The molecule has 0 bridgehead atoms. The predicted octanol–water partition coefficient (Wildman–Crippen LogP) is 4.20. The molecule has 0 aliphatic heterocycles. The van der Waals surface area contributed by atoms with Gasteiger partial charge in [-0.1, -0.05) is 19.9 Å². The minimum absolute atomic E-state index is 0.00833. The molecule has 3 N–H and O–H groups in total. The molecule has 0 radical (unpaired) electrons. The normalized spacial score (nSPS) is 11.1. The first-order chi connectivity index (χ1) is 14.6. The topological polar surface area (TPSA) is 88.7 Å². The fraction of sp³-hybridized carbons (Fsp3) is 0.417. The van der Waals surface area contributed by atoms with Crippen molar-refractivity contribution in [1.82, 2.24) is 5.32 Å². The van der Waals surface area contributed by atoms with Crippen LogP contribution in [0.5, 0.6) is 11.5 Å². The summed E-state index contributed by atoms with van der Waals surface area (Å²) in [5.41, 5.74) is 2.39. The summed E-state index contributed by atoms with van der Waals surface area (Å²) >= 11 is 0. The molecule has 0 unspecified atom stereocenters. The zero-order valence-corrected chi connectivity index (χ0v) is 19.2. The lowest BCUT2D eigenvalue weighted by atomic mass is 10.1. The lowest BCUT2D eigenvalue weighted by Crippen LogP contribution is -2.43. The maximum Gasteiger partial charge on any atom is 0.258 e. The van der Waals surface area contributed by atoms with Crippen LogP contribution in [0.2, 0.25) is 0 Å². The summed E-state index contributed by atoms with van der Waals surface area (Å²) in [6.45, 7) is 9.98. The Bertz CT molecular complexity index is 887. The molecule has 2 rings (SSSR count). The van der Waals surface area contributed by atoms with Crippen molar-refractivity contribution in [2.45, 2.75) is 46.7 Å². The number of hydrogen-bond donors (Lipinski definition) is 3. The summed E-state index contributed by atoms with van der Waals surface area (Å²) in [5, 5.41) is 9.07. The quantitative estimate of drug-likeness (QED) is 0.558. The molecule has 7 heteroatoms. The van der Waals surface area contributed by atoms with Gasteiger partial charge >= 0.3 is 0 Å². The van der Waals surface area contributed by atoms with Gasteiger partial charge in [0.1, 0.15) is 0 Å². The number of anilines is 2. The number of nitrogens with one attached hydrogen (secondary N) is 3. The van der Waals surface area contributed by atoms with Gasteiger partial charge < -0.3 is 25.4 Å². The van der Waals surface area contributed by atoms with E-state index >= 15 is 0 Å². The van der Waals surface area contributed by atoms with Crippen molar-refractivity contribution in [3.63, 3.8) is 0 Å². The number of carbonyl (C=O) groups excluding carboxylic acids is 2. The van der Waals surface area contributed by atoms with Gasteiger partial charge in [-0.25, -0.2) is 0 Å². The van der Waals surface area contributed by atoms with Crippen LogP contribution in [0.3, 0.4) is 0 Å². The molecule has 0 saturated heterocycles. The summed E-state index contributed by atoms with van der Waals surface area (Å²) in [4.78, 5) is 23.7. The molecule has 0 fully saturated rings. The SMILES string of the molecule is COc1cc(CNc2ccc(NC(=O)C(C)C)cc2)ccc1OCC(=O)NC(C)(C)C. The monoisotopic (exact) mass is 427 g/mol. The molecule has 31 heavy (non-hydrogen) atoms. The van der Waals surface area contributed by atoms with Crippen molar-refractivity contribution in [2.24, 2.45) is 5.92 Å². The third-order valence-corrected chi connectivity index (χ3v) is 4.27. The van der Waals surface area contributed by atoms with Crippen LogP contribution >= 0.6 is 0 Å². The third-order valence-electron chi connectivity index (χ3n) is 4.27. The average Bonchev–Trinajstić information content (AvgIpc) is 2.70. The highest BCUT2D eigenvalue weighted by atomic mass is 16.5. The van der Waals surface area contributed by atoms with Crippen LogP contribution in [0.4, 0.5) is 11.4 Å². The molecule has 0 aliphatic carbocycles. The third kappa shape index (κ3) is 8.20. The average molecular weight is 428 g/mol. The minimum Gasteiger partial charge on any atom is -0.493 e. The first-order valence-electron chi connectivity index (χ1n) is 10.3. The molecule has 0 atom stereocenters. The molecular formula is C24H33N3O4. The summed E-state index contributed by atoms with van der Waals surface area (Å²) in [6, 6.07) is 13.2. The van der Waals surface area contributed by atoms with Gasteiger partial charge in [-0.15, -0.1) is 0 Å². The first-order valence-corrected chi connectivity index (χ1v) is 10.3. The summed E-state index contributed by atoms with van der Waals surface area (Å²) in [6.07, 6.45) is 0. The summed E-state index contributed by atoms with van der Waals surface area (Å²) in [5.74, 6) is 0.821. The fourth-order valence-electron chi connectivity index (χ4n) is 2.70. The highest BCUT2D eigenvalue weighted by Gasteiger charge is 2.15. The van der Waals surface area contributed by atoms with E-state index in [4.69, 9.17) is 9.47 Å². The number of ether oxygens (including phenoxy) is 2. The van der Waals surface area contributed by atoms with E-state index in [9.17, 15) is 9.59 Å². The lowest BCUT2D eigenvalue weighted by molar-refractivity contribution is -0.124. The smallest absolute Gasteiger partial charge is 0.258 e. The zero-order chi connectivity index (χ0) is 23.0. The van der Waals surface area contributed by atoms with Crippen LogP contribution < -0.4 is 25.4 Å². The van der Waals surface area contributed by atoms with Crippen LogP contribution in [0, 0.1) is 5.92 Å². The number of amides is 2. The molecule has 0 saturated carbocycles. The van der Waals surface area contributed by atoms with E-state index < -0.39 is 0 Å². The Labute approximate surface area is 184 Å². The molecule has 0 spiro atoms. The molecule has 7 nitrogen and oxygen atoms in total. The van der Waals surface area contributed by atoms with E-state index in [0.717, 1.165) is 16.9 Å². The van der Waals surface area contributed by atoms with E-state index in [0.29, 0.717) is 18.0 Å². The fourth-order valence-corrected chi connectivity index (χ4v) is 2.70. The zero-order valence-electron chi connectivity index (χ0n) is 19.2. The van der Waals surface area contributed by atoms with Crippen molar-refractivity contribution < 1.29 is 19.1 Å². The maximum atomic E-state index is 12.0. The minimum atomic E-state index is -0.307. The number of benzene rings is 2. The Morgan fingerprint density at radius 2 is 1.61 bits per heavy atom. The molecule has 2 aromatic carbocycles. The summed E-state index contributed by atoms with van der Waals surface area (Å²) in [7, 11) is 1.57. The first kappa shape index (κ1) is 24.1. The second-order valence-corrected chi connectivity index (χ2v) is 8.65. The Morgan fingerprint density at radius 1 is 0.968 bits per heavy atom. The molecule has 168 valence electrons. The second-order valence-electron chi connectivity index (χ2n) is 8.65. The van der Waals surface area contributed by atoms with E-state index in [2.05, 4.69) is 16.0 Å². The van der Waals surface area contributed by atoms with Gasteiger partial charge in [-0.3, -0.25) is 9.59 Å².